The Morgan fingerprint density at radius 1 is 0.913 bits per heavy atom. The van der Waals surface area contributed by atoms with Crippen LogP contribution in [0.2, 0.25) is 0 Å². The molecule has 1 aliphatic carbocycles. The van der Waals surface area contributed by atoms with Gasteiger partial charge in [-0.15, -0.1) is 0 Å². The molecule has 2 saturated heterocycles. The van der Waals surface area contributed by atoms with Crippen LogP contribution in [-0.2, 0) is 47.7 Å². The number of nitrogens with zero attached hydrogens (tertiary/aromatic N) is 2. The van der Waals surface area contributed by atoms with Gasteiger partial charge in [-0.05, 0) is 107 Å². The van der Waals surface area contributed by atoms with E-state index in [1.165, 1.54) is 18.9 Å². The van der Waals surface area contributed by atoms with E-state index in [9.17, 15) is 39.3 Å². The number of piperidine rings is 1. The highest BCUT2D eigenvalue weighted by Gasteiger charge is 2.53. The van der Waals surface area contributed by atoms with Gasteiger partial charge in [0.25, 0.3) is 11.7 Å². The Kier molecular flexibility index (Phi) is 22.6. The van der Waals surface area contributed by atoms with E-state index in [2.05, 4.69) is 10.5 Å². The first-order valence-corrected chi connectivity index (χ1v) is 25.1. The van der Waals surface area contributed by atoms with Gasteiger partial charge in [0, 0.05) is 71.1 Å². The van der Waals surface area contributed by atoms with E-state index in [4.69, 9.17) is 23.7 Å². The molecule has 0 radical (unpaired) electrons. The number of esters is 1. The fraction of sp³-hybridized carbons (Fsp3) is 0.736. The predicted molar refractivity (Wildman–Crippen MR) is 261 cm³/mol. The molecule has 388 valence electrons. The molecule has 2 amide bonds. The number of aliphatic hydroxyl groups is 3. The number of amides is 2. The summed E-state index contributed by atoms with van der Waals surface area (Å²) < 4.78 is 29.7. The lowest BCUT2D eigenvalue weighted by atomic mass is 9.78. The number of fused-ring (bicyclic) bond motifs is 3. The third kappa shape index (κ3) is 15.8. The summed E-state index contributed by atoms with van der Waals surface area (Å²) in [5.41, 5.74) is 4.26. The average molecular weight is 970 g/mol. The molecule has 15 atom stereocenters. The zero-order chi connectivity index (χ0) is 51.2. The number of ketones is 2. The molecule has 0 aromatic carbocycles. The first kappa shape index (κ1) is 57.7. The molecule has 0 aromatic heterocycles. The van der Waals surface area contributed by atoms with Crippen molar-refractivity contribution < 1.29 is 63.0 Å². The van der Waals surface area contributed by atoms with Gasteiger partial charge in [0.1, 0.15) is 24.4 Å². The van der Waals surface area contributed by atoms with E-state index < -0.39 is 89.8 Å². The molecule has 1 saturated carbocycles. The number of rotatable bonds is 7. The Hall–Kier alpha value is -3.90. The number of Topliss-reactive ketones (excluding diaryl/α,β-unsaturated/α-hetero) is 2. The highest BCUT2D eigenvalue weighted by atomic mass is 16.6. The fourth-order valence-electron chi connectivity index (χ4n) is 10.4. The topological polar surface area (TPSA) is 220 Å². The summed E-state index contributed by atoms with van der Waals surface area (Å²) in [5, 5.41) is 38.7. The third-order valence-corrected chi connectivity index (χ3v) is 14.9. The van der Waals surface area contributed by atoms with Gasteiger partial charge in [-0.1, -0.05) is 71.1 Å². The molecule has 69 heavy (non-hydrogen) atoms. The van der Waals surface area contributed by atoms with Crippen LogP contribution in [0.3, 0.4) is 0 Å². The number of allylic oxidation sites excluding steroid dienone is 6. The normalized spacial score (nSPS) is 39.2. The second-order valence-electron chi connectivity index (χ2n) is 20.4. The van der Waals surface area contributed by atoms with Crippen LogP contribution >= 0.6 is 0 Å². The van der Waals surface area contributed by atoms with Crippen LogP contribution in [0, 0.1) is 35.5 Å². The molecule has 3 heterocycles. The van der Waals surface area contributed by atoms with Crippen molar-refractivity contribution in [1.82, 2.24) is 10.3 Å². The van der Waals surface area contributed by atoms with Gasteiger partial charge >= 0.3 is 5.97 Å². The number of hydrogen-bond donors (Lipinski definition) is 4. The third-order valence-electron chi connectivity index (χ3n) is 14.9. The van der Waals surface area contributed by atoms with E-state index >= 15 is 0 Å². The zero-order valence-corrected chi connectivity index (χ0v) is 43.1. The molecule has 0 unspecified atom stereocenters. The minimum absolute atomic E-state index is 0.00998. The smallest absolute Gasteiger partial charge is 0.329 e. The quantitative estimate of drug-likeness (QED) is 0.0982. The van der Waals surface area contributed by atoms with Crippen molar-refractivity contribution in [2.45, 2.75) is 187 Å². The number of carbonyl (C=O) groups excluding carboxylic acids is 5. The Balaban J connectivity index is 1.78. The highest BCUT2D eigenvalue weighted by molar-refractivity contribution is 6.39. The van der Waals surface area contributed by atoms with Gasteiger partial charge in [0.2, 0.25) is 11.7 Å². The minimum Gasteiger partial charge on any atom is -0.460 e. The van der Waals surface area contributed by atoms with Gasteiger partial charge in [-0.2, -0.15) is 5.10 Å². The largest absolute Gasteiger partial charge is 0.460 e. The van der Waals surface area contributed by atoms with Crippen LogP contribution in [-0.4, -0.2) is 138 Å². The molecule has 4 N–H and O–H groups in total. The average Bonchev–Trinajstić information content (AvgIpc) is 3.32. The number of carbonyl (C=O) groups is 5. The van der Waals surface area contributed by atoms with Crippen molar-refractivity contribution in [1.29, 1.82) is 0 Å². The van der Waals surface area contributed by atoms with Gasteiger partial charge in [0.05, 0.1) is 24.4 Å². The monoisotopic (exact) mass is 970 g/mol. The Morgan fingerprint density at radius 3 is 2.30 bits per heavy atom. The van der Waals surface area contributed by atoms with Gasteiger partial charge in [0.15, 0.2) is 5.78 Å². The van der Waals surface area contributed by atoms with E-state index in [0.29, 0.717) is 69.1 Å². The summed E-state index contributed by atoms with van der Waals surface area (Å²) in [7, 11) is 4.54. The summed E-state index contributed by atoms with van der Waals surface area (Å²) in [6.45, 7) is 14.3. The lowest BCUT2D eigenvalue weighted by Gasteiger charge is -2.42. The van der Waals surface area contributed by atoms with Crippen LogP contribution in [0.25, 0.3) is 0 Å². The van der Waals surface area contributed by atoms with Gasteiger partial charge in [-0.25, -0.2) is 10.2 Å². The Labute approximate surface area is 410 Å². The van der Waals surface area contributed by atoms with Crippen LogP contribution in [0.5, 0.6) is 0 Å². The van der Waals surface area contributed by atoms with Crippen molar-refractivity contribution in [2.24, 2.45) is 40.6 Å². The van der Waals surface area contributed by atoms with Crippen molar-refractivity contribution in [3.8, 4) is 0 Å². The fourth-order valence-corrected chi connectivity index (χ4v) is 10.4. The number of cyclic esters (lactones) is 1. The van der Waals surface area contributed by atoms with Gasteiger partial charge in [-0.3, -0.25) is 19.2 Å². The van der Waals surface area contributed by atoms with Crippen molar-refractivity contribution in [2.75, 3.05) is 27.9 Å². The Bertz CT molecular complexity index is 1910. The number of methoxy groups -OCH3 is 3. The molecule has 16 heteroatoms. The van der Waals surface area contributed by atoms with E-state index in [-0.39, 0.29) is 49.0 Å². The van der Waals surface area contributed by atoms with E-state index in [0.717, 1.165) is 12.0 Å². The number of hydrogen-bond acceptors (Lipinski definition) is 14. The van der Waals surface area contributed by atoms with E-state index in [1.54, 1.807) is 34.1 Å². The molecule has 0 spiro atoms. The summed E-state index contributed by atoms with van der Waals surface area (Å²) in [6.07, 6.45) is 11.5. The lowest BCUT2D eigenvalue weighted by molar-refractivity contribution is -0.265. The summed E-state index contributed by atoms with van der Waals surface area (Å²) in [6, 6.07) is -1.14. The lowest BCUT2D eigenvalue weighted by Crippen LogP contribution is -2.61. The predicted octanol–water partition coefficient (Wildman–Crippen LogP) is 6.10. The van der Waals surface area contributed by atoms with Gasteiger partial charge < -0.3 is 43.9 Å². The number of aliphatic hydroxyl groups excluding tert-OH is 2. The maximum Gasteiger partial charge on any atom is 0.329 e. The first-order valence-electron chi connectivity index (χ1n) is 25.1. The molecule has 2 bridgehead atoms. The molecule has 3 fully saturated rings. The van der Waals surface area contributed by atoms with Crippen molar-refractivity contribution in [3.63, 3.8) is 0 Å². The maximum atomic E-state index is 14.6. The zero-order valence-electron chi connectivity index (χ0n) is 43.1. The summed E-state index contributed by atoms with van der Waals surface area (Å²) in [5.74, 6) is -7.93. The van der Waals surface area contributed by atoms with Crippen LogP contribution in [0.1, 0.15) is 132 Å². The molecular weight excluding hydrogens is 887 g/mol. The van der Waals surface area contributed by atoms with Crippen LogP contribution in [0.15, 0.2) is 52.7 Å². The molecular formula is C53H83N3O13. The highest BCUT2D eigenvalue weighted by Crippen LogP contribution is 2.38. The molecule has 16 nitrogen and oxygen atoms in total. The van der Waals surface area contributed by atoms with Crippen LogP contribution < -0.4 is 5.43 Å². The maximum absolute atomic E-state index is 14.6. The summed E-state index contributed by atoms with van der Waals surface area (Å²) in [4.78, 5) is 70.7. The number of nitrogens with one attached hydrogen (secondary N) is 1. The standard InChI is InChI=1S/C53H83N3O13/c1-31-17-13-12-14-18-32(2)44(65-9)29-40-22-20-37(7)53(64,69-40)50(61)51(62)56-24-16-15-19-42(56)52(63)68-45(34(4)27-39-21-23-43(58)46(28-39)66-10)30-41(55-54-38(8)57)33(3)26-36(6)48(60)49(67-11)47(59)35(5)25-31/h12-14,17-18,26,31,33-35,37,39-40,42-46,48-49,58,60,64H,15-16,19-25,27-30H2,1-11H3,(H,54,57)/b14-12+,17-13-,32-18+,36-26+,55-41+/t31-,33-,34-,35-,37-,39+,40+,42+,43-,44+,45+,46-,48-,49+,53-/m1/s1. The molecule has 3 aliphatic heterocycles. The molecule has 4 rings (SSSR count). The summed E-state index contributed by atoms with van der Waals surface area (Å²) >= 11 is 0. The minimum atomic E-state index is -2.44. The SMILES string of the molecule is CO[C@H]1C[C@@H]2CC[C@@H](C)[C@@](O)(O2)C(=O)C(=O)N2CCCC[C@H]2C(=O)O[C@H]([C@H](C)C[C@@H]2CC[C@@H](O)[C@H](OC)C2)C/C(=N\NC(C)=O)[C@H](C)/C=C(\C)[C@@H](O)[C@@H](OC)C(=O)[C@H](C)C[C@H](C)\C=C/C=C/C=C/1C. The van der Waals surface area contributed by atoms with Crippen molar-refractivity contribution in [3.05, 3.63) is 47.6 Å². The number of ether oxygens (including phenoxy) is 5. The van der Waals surface area contributed by atoms with E-state index in [1.807, 2.05) is 65.0 Å². The molecule has 4 aliphatic rings. The Morgan fingerprint density at radius 2 is 1.64 bits per heavy atom. The van der Waals surface area contributed by atoms with Crippen LogP contribution in [0.4, 0.5) is 0 Å². The number of hydrazone groups is 1. The van der Waals surface area contributed by atoms with Crippen molar-refractivity contribution >= 4 is 35.1 Å². The second kappa shape index (κ2) is 27.1. The first-order chi connectivity index (χ1) is 32.6. The molecule has 0 aromatic rings. The second-order valence-corrected chi connectivity index (χ2v) is 20.4.